The van der Waals surface area contributed by atoms with Gasteiger partial charge in [-0.05, 0) is 6.26 Å². The van der Waals surface area contributed by atoms with Crippen molar-refractivity contribution in [1.82, 2.24) is 9.97 Å². The number of amides is 2. The molecule has 0 radical (unpaired) electrons. The number of aromatic nitrogens is 2. The molecule has 1 aromatic rings. The Morgan fingerprint density at radius 1 is 1.52 bits per heavy atom. The molecule has 2 aliphatic heterocycles. The number of nitrogens with one attached hydrogen (secondary N) is 1. The SMILES string of the molecule is CS.NCC1CN(c2cnc3c(n2)NC(=O)CO3)C(=O)O1. The lowest BCUT2D eigenvalue weighted by atomic mass is 10.3. The maximum atomic E-state index is 11.6. The van der Waals surface area contributed by atoms with Crippen LogP contribution in [-0.2, 0) is 9.53 Å². The van der Waals surface area contributed by atoms with E-state index >= 15 is 0 Å². The maximum absolute atomic E-state index is 11.6. The molecule has 21 heavy (non-hydrogen) atoms. The summed E-state index contributed by atoms with van der Waals surface area (Å²) in [6.45, 7) is 0.445. The van der Waals surface area contributed by atoms with E-state index in [1.165, 1.54) is 11.1 Å². The molecule has 0 saturated carbocycles. The number of nitrogens with zero attached hydrogens (tertiary/aromatic N) is 3. The van der Waals surface area contributed by atoms with Crippen LogP contribution in [-0.4, -0.2) is 54.0 Å². The highest BCUT2D eigenvalue weighted by Crippen LogP contribution is 2.27. The molecule has 3 rings (SSSR count). The molecule has 2 amide bonds. The fourth-order valence-electron chi connectivity index (χ4n) is 1.82. The van der Waals surface area contributed by atoms with E-state index in [0.29, 0.717) is 6.54 Å². The summed E-state index contributed by atoms with van der Waals surface area (Å²) in [5, 5.41) is 2.52. The zero-order chi connectivity index (χ0) is 15.4. The summed E-state index contributed by atoms with van der Waals surface area (Å²) in [5.74, 6) is 0.386. The van der Waals surface area contributed by atoms with E-state index in [1.54, 1.807) is 6.26 Å². The molecule has 1 aromatic heterocycles. The van der Waals surface area contributed by atoms with Crippen LogP contribution >= 0.6 is 12.6 Å². The van der Waals surface area contributed by atoms with Gasteiger partial charge in [0, 0.05) is 6.54 Å². The number of ether oxygens (including phenoxy) is 2. The van der Waals surface area contributed by atoms with Gasteiger partial charge >= 0.3 is 6.09 Å². The van der Waals surface area contributed by atoms with Crippen molar-refractivity contribution in [2.75, 3.05) is 36.2 Å². The van der Waals surface area contributed by atoms with E-state index in [9.17, 15) is 9.59 Å². The van der Waals surface area contributed by atoms with Crippen molar-refractivity contribution in [2.24, 2.45) is 5.73 Å². The van der Waals surface area contributed by atoms with E-state index in [2.05, 4.69) is 27.9 Å². The quantitative estimate of drug-likeness (QED) is 0.638. The highest BCUT2D eigenvalue weighted by Gasteiger charge is 2.33. The summed E-state index contributed by atoms with van der Waals surface area (Å²) in [6, 6.07) is 0. The minimum atomic E-state index is -0.534. The van der Waals surface area contributed by atoms with Gasteiger partial charge in [0.05, 0.1) is 12.7 Å². The monoisotopic (exact) mass is 313 g/mol. The van der Waals surface area contributed by atoms with Crippen LogP contribution in [0.2, 0.25) is 0 Å². The van der Waals surface area contributed by atoms with Crippen LogP contribution in [0.25, 0.3) is 0 Å². The topological polar surface area (TPSA) is 120 Å². The molecular formula is C11H15N5O4S. The normalized spacial score (nSPS) is 19.8. The van der Waals surface area contributed by atoms with Crippen LogP contribution in [0.5, 0.6) is 5.88 Å². The van der Waals surface area contributed by atoms with Gasteiger partial charge in [-0.25, -0.2) is 14.8 Å². The average molecular weight is 313 g/mol. The molecule has 1 saturated heterocycles. The molecule has 9 nitrogen and oxygen atoms in total. The Bertz CT molecular complexity index is 555. The number of thiol groups is 1. The van der Waals surface area contributed by atoms with Crippen LogP contribution < -0.4 is 20.7 Å². The number of rotatable bonds is 2. The lowest BCUT2D eigenvalue weighted by Crippen LogP contribution is -2.30. The second-order valence-corrected chi connectivity index (χ2v) is 4.07. The van der Waals surface area contributed by atoms with Crippen molar-refractivity contribution >= 4 is 36.3 Å². The van der Waals surface area contributed by atoms with E-state index < -0.39 is 6.09 Å². The van der Waals surface area contributed by atoms with Gasteiger partial charge in [-0.3, -0.25) is 9.69 Å². The summed E-state index contributed by atoms with van der Waals surface area (Å²) >= 11 is 3.53. The molecule has 2 aliphatic rings. The second kappa shape index (κ2) is 6.59. The van der Waals surface area contributed by atoms with Gasteiger partial charge in [-0.15, -0.1) is 0 Å². The summed E-state index contributed by atoms with van der Waals surface area (Å²) in [6.07, 6.45) is 2.18. The Balaban J connectivity index is 0.000000774. The Labute approximate surface area is 126 Å². The summed E-state index contributed by atoms with van der Waals surface area (Å²) in [4.78, 5) is 32.3. The highest BCUT2D eigenvalue weighted by molar-refractivity contribution is 7.79. The molecule has 114 valence electrons. The minimum absolute atomic E-state index is 0.0952. The van der Waals surface area contributed by atoms with Gasteiger partial charge in [0.2, 0.25) is 0 Å². The molecule has 10 heteroatoms. The lowest BCUT2D eigenvalue weighted by molar-refractivity contribution is -0.118. The van der Waals surface area contributed by atoms with E-state index in [1.807, 2.05) is 0 Å². The standard InChI is InChI=1S/C10H11N5O4.CH4S/c11-1-5-3-15(10(17)19-5)6-2-12-9-8(13-6)14-7(16)4-18-9;1-2/h2,5H,1,3-4,11H2,(H,13,14,16);2H,1H3. The number of hydrogen-bond donors (Lipinski definition) is 3. The van der Waals surface area contributed by atoms with Crippen LogP contribution in [0.3, 0.4) is 0 Å². The number of hydrogen-bond acceptors (Lipinski definition) is 8. The number of anilines is 2. The van der Waals surface area contributed by atoms with Gasteiger partial charge in [0.1, 0.15) is 6.10 Å². The smallest absolute Gasteiger partial charge is 0.416 e. The number of fused-ring (bicyclic) bond motifs is 1. The largest absolute Gasteiger partial charge is 0.465 e. The van der Waals surface area contributed by atoms with E-state index in [-0.39, 0.29) is 42.7 Å². The number of cyclic esters (lactones) is 1. The number of carbonyl (C=O) groups is 2. The van der Waals surface area contributed by atoms with Crippen molar-refractivity contribution in [3.05, 3.63) is 6.20 Å². The third-order valence-electron chi connectivity index (χ3n) is 2.74. The van der Waals surface area contributed by atoms with Crippen LogP contribution in [0.1, 0.15) is 0 Å². The Kier molecular flexibility index (Phi) is 4.81. The van der Waals surface area contributed by atoms with Crippen LogP contribution in [0.15, 0.2) is 6.20 Å². The summed E-state index contributed by atoms with van der Waals surface area (Å²) in [7, 11) is 0. The molecule has 0 aliphatic carbocycles. The molecular weight excluding hydrogens is 298 g/mol. The van der Waals surface area contributed by atoms with Crippen molar-refractivity contribution in [1.29, 1.82) is 0 Å². The lowest BCUT2D eigenvalue weighted by Gasteiger charge is -2.18. The third-order valence-corrected chi connectivity index (χ3v) is 2.74. The van der Waals surface area contributed by atoms with Crippen molar-refractivity contribution in [3.8, 4) is 5.88 Å². The van der Waals surface area contributed by atoms with E-state index in [0.717, 1.165) is 0 Å². The fraction of sp³-hybridized carbons (Fsp3) is 0.455. The van der Waals surface area contributed by atoms with Crippen LogP contribution in [0.4, 0.5) is 16.4 Å². The number of nitrogens with two attached hydrogens (primary N) is 1. The van der Waals surface area contributed by atoms with Crippen LogP contribution in [0, 0.1) is 0 Å². The molecule has 1 fully saturated rings. The third kappa shape index (κ3) is 3.16. The molecule has 0 spiro atoms. The minimum Gasteiger partial charge on any atom is -0.465 e. The number of carbonyl (C=O) groups excluding carboxylic acids is 2. The van der Waals surface area contributed by atoms with E-state index in [4.69, 9.17) is 15.2 Å². The van der Waals surface area contributed by atoms with Gasteiger partial charge in [-0.2, -0.15) is 12.6 Å². The Morgan fingerprint density at radius 3 is 2.95 bits per heavy atom. The van der Waals surface area contributed by atoms with Gasteiger partial charge < -0.3 is 20.5 Å². The second-order valence-electron chi connectivity index (χ2n) is 4.07. The first-order valence-electron chi connectivity index (χ1n) is 6.10. The molecule has 3 heterocycles. The van der Waals surface area contributed by atoms with Gasteiger partial charge in [0.15, 0.2) is 18.2 Å². The molecule has 1 atom stereocenters. The fourth-order valence-corrected chi connectivity index (χ4v) is 1.82. The molecule has 0 bridgehead atoms. The Hall–Kier alpha value is -2.07. The highest BCUT2D eigenvalue weighted by atomic mass is 32.1. The predicted octanol–water partition coefficient (Wildman–Crippen LogP) is -0.363. The first-order valence-corrected chi connectivity index (χ1v) is 6.99. The molecule has 3 N–H and O–H groups in total. The average Bonchev–Trinajstić information content (AvgIpc) is 2.89. The first kappa shape index (κ1) is 15.3. The summed E-state index contributed by atoms with van der Waals surface area (Å²) < 4.78 is 10.1. The Morgan fingerprint density at radius 2 is 2.29 bits per heavy atom. The van der Waals surface area contributed by atoms with Crippen molar-refractivity contribution in [2.45, 2.75) is 6.10 Å². The zero-order valence-electron chi connectivity index (χ0n) is 11.3. The van der Waals surface area contributed by atoms with Gasteiger partial charge in [-0.1, -0.05) is 0 Å². The molecule has 1 unspecified atom stereocenters. The maximum Gasteiger partial charge on any atom is 0.416 e. The van der Waals surface area contributed by atoms with Gasteiger partial charge in [0.25, 0.3) is 11.8 Å². The predicted molar refractivity (Wildman–Crippen MR) is 77.7 cm³/mol. The van der Waals surface area contributed by atoms with Crippen molar-refractivity contribution < 1.29 is 19.1 Å². The van der Waals surface area contributed by atoms with Crippen molar-refractivity contribution in [3.63, 3.8) is 0 Å². The summed E-state index contributed by atoms with van der Waals surface area (Å²) in [5.41, 5.74) is 5.45. The first-order chi connectivity index (χ1) is 10.2. The zero-order valence-corrected chi connectivity index (χ0v) is 12.2. The molecule has 0 aromatic carbocycles.